The van der Waals surface area contributed by atoms with Crippen LogP contribution in [0.4, 0.5) is 4.39 Å². The summed E-state index contributed by atoms with van der Waals surface area (Å²) >= 11 is 0. The predicted molar refractivity (Wildman–Crippen MR) is 107 cm³/mol. The molecule has 0 radical (unpaired) electrons. The topological polar surface area (TPSA) is 47.8 Å². The molecule has 0 saturated heterocycles. The van der Waals surface area contributed by atoms with E-state index >= 15 is 0 Å². The first-order chi connectivity index (χ1) is 13.7. The number of carbonyl (C=O) groups excluding carboxylic acids is 1. The molecule has 136 valence electrons. The number of allylic oxidation sites excluding steroid dienone is 1. The van der Waals surface area contributed by atoms with Crippen LogP contribution in [0.1, 0.15) is 15.9 Å². The Bertz CT molecular complexity index is 1130. The molecule has 0 aliphatic carbocycles. The summed E-state index contributed by atoms with van der Waals surface area (Å²) in [6.07, 6.45) is 8.40. The Labute approximate surface area is 161 Å². The van der Waals surface area contributed by atoms with Crippen molar-refractivity contribution in [3.63, 3.8) is 0 Å². The Morgan fingerprint density at radius 3 is 2.61 bits per heavy atom. The van der Waals surface area contributed by atoms with Crippen LogP contribution < -0.4 is 0 Å². The monoisotopic (exact) mass is 369 g/mol. The highest BCUT2D eigenvalue weighted by Gasteiger charge is 2.11. The Morgan fingerprint density at radius 1 is 1.00 bits per heavy atom. The van der Waals surface area contributed by atoms with Gasteiger partial charge in [0, 0.05) is 35.3 Å². The highest BCUT2D eigenvalue weighted by molar-refractivity contribution is 6.07. The molecule has 2 aromatic heterocycles. The van der Waals surface area contributed by atoms with Crippen LogP contribution in [0, 0.1) is 5.82 Å². The number of hydrogen-bond donors (Lipinski definition) is 0. The number of rotatable bonds is 5. The van der Waals surface area contributed by atoms with Gasteiger partial charge in [-0.2, -0.15) is 5.10 Å². The number of halogens is 1. The molecular formula is C23H16FN3O. The molecule has 4 nitrogen and oxygen atoms in total. The zero-order valence-corrected chi connectivity index (χ0v) is 14.9. The molecule has 2 heterocycles. The average Bonchev–Trinajstić information content (AvgIpc) is 3.17. The maximum absolute atomic E-state index is 13.4. The Morgan fingerprint density at radius 2 is 1.86 bits per heavy atom. The van der Waals surface area contributed by atoms with Gasteiger partial charge in [-0.15, -0.1) is 0 Å². The smallest absolute Gasteiger partial charge is 0.185 e. The summed E-state index contributed by atoms with van der Waals surface area (Å²) in [5.74, 6) is -0.712. The summed E-state index contributed by atoms with van der Waals surface area (Å²) in [6, 6.07) is 19.1. The van der Waals surface area contributed by atoms with Gasteiger partial charge in [0.1, 0.15) is 11.5 Å². The molecule has 0 N–H and O–H groups in total. The normalized spacial score (nSPS) is 11.0. The lowest BCUT2D eigenvalue weighted by Gasteiger charge is -2.00. The largest absolute Gasteiger partial charge is 0.289 e. The van der Waals surface area contributed by atoms with Crippen molar-refractivity contribution in [1.82, 2.24) is 14.8 Å². The molecule has 5 heteroatoms. The maximum atomic E-state index is 13.4. The summed E-state index contributed by atoms with van der Waals surface area (Å²) < 4.78 is 15.1. The third-order valence-corrected chi connectivity index (χ3v) is 4.22. The van der Waals surface area contributed by atoms with E-state index in [0.29, 0.717) is 11.3 Å². The molecule has 4 aromatic rings. The van der Waals surface area contributed by atoms with E-state index in [1.807, 2.05) is 48.7 Å². The van der Waals surface area contributed by atoms with E-state index in [0.717, 1.165) is 16.8 Å². The number of para-hydroxylation sites is 1. The average molecular weight is 369 g/mol. The predicted octanol–water partition coefficient (Wildman–Crippen LogP) is 4.97. The van der Waals surface area contributed by atoms with Crippen LogP contribution in [-0.2, 0) is 0 Å². The zero-order valence-electron chi connectivity index (χ0n) is 14.9. The van der Waals surface area contributed by atoms with Crippen LogP contribution in [0.25, 0.3) is 23.0 Å². The van der Waals surface area contributed by atoms with Gasteiger partial charge in [-0.1, -0.05) is 30.3 Å². The third kappa shape index (κ3) is 3.78. The first-order valence-electron chi connectivity index (χ1n) is 8.74. The van der Waals surface area contributed by atoms with E-state index in [-0.39, 0.29) is 5.78 Å². The molecule has 0 atom stereocenters. The van der Waals surface area contributed by atoms with Crippen LogP contribution in [-0.4, -0.2) is 20.5 Å². The lowest BCUT2D eigenvalue weighted by Crippen LogP contribution is -1.94. The first-order valence-corrected chi connectivity index (χ1v) is 8.74. The fraction of sp³-hybridized carbons (Fsp3) is 0. The van der Waals surface area contributed by atoms with E-state index in [9.17, 15) is 9.18 Å². The summed E-state index contributed by atoms with van der Waals surface area (Å²) in [7, 11) is 0. The molecule has 0 saturated carbocycles. The number of nitrogens with zero attached hydrogens (tertiary/aromatic N) is 3. The number of aromatic nitrogens is 3. The van der Waals surface area contributed by atoms with Crippen LogP contribution in [0.15, 0.2) is 91.4 Å². The number of pyridine rings is 1. The van der Waals surface area contributed by atoms with Crippen molar-refractivity contribution in [3.8, 4) is 16.9 Å². The third-order valence-electron chi connectivity index (χ3n) is 4.22. The highest BCUT2D eigenvalue weighted by atomic mass is 19.1. The van der Waals surface area contributed by atoms with Crippen molar-refractivity contribution in [3.05, 3.63) is 108 Å². The number of ketones is 1. The molecule has 28 heavy (non-hydrogen) atoms. The van der Waals surface area contributed by atoms with Crippen molar-refractivity contribution in [2.45, 2.75) is 0 Å². The SMILES string of the molecule is O=C(/C=C/c1cn(-c2ccccc2)nc1-c1cccnc1)c1cccc(F)c1. The first kappa shape index (κ1) is 17.5. The molecule has 0 aliphatic rings. The van der Waals surface area contributed by atoms with Crippen molar-refractivity contribution in [1.29, 1.82) is 0 Å². The van der Waals surface area contributed by atoms with Crippen LogP contribution in [0.3, 0.4) is 0 Å². The summed E-state index contributed by atoms with van der Waals surface area (Å²) in [4.78, 5) is 16.6. The van der Waals surface area contributed by atoms with Crippen molar-refractivity contribution >= 4 is 11.9 Å². The molecule has 0 aliphatic heterocycles. The molecule has 2 aromatic carbocycles. The Balaban J connectivity index is 1.73. The van der Waals surface area contributed by atoms with Crippen LogP contribution in [0.2, 0.25) is 0 Å². The summed E-state index contributed by atoms with van der Waals surface area (Å²) in [5.41, 5.74) is 3.52. The highest BCUT2D eigenvalue weighted by Crippen LogP contribution is 2.24. The summed E-state index contributed by atoms with van der Waals surface area (Å²) in [6.45, 7) is 0. The fourth-order valence-corrected chi connectivity index (χ4v) is 2.85. The second kappa shape index (κ2) is 7.80. The van der Waals surface area contributed by atoms with Gasteiger partial charge in [0.05, 0.1) is 5.69 Å². The van der Waals surface area contributed by atoms with E-state index in [1.165, 1.54) is 24.3 Å². The van der Waals surface area contributed by atoms with Gasteiger partial charge < -0.3 is 0 Å². The minimum atomic E-state index is -0.438. The minimum Gasteiger partial charge on any atom is -0.289 e. The second-order valence-corrected chi connectivity index (χ2v) is 6.16. The van der Waals surface area contributed by atoms with E-state index in [4.69, 9.17) is 0 Å². The molecular weight excluding hydrogens is 353 g/mol. The summed E-state index contributed by atoms with van der Waals surface area (Å²) in [5, 5.41) is 4.67. The molecule has 0 unspecified atom stereocenters. The number of carbonyl (C=O) groups is 1. The van der Waals surface area contributed by atoms with Gasteiger partial charge in [0.15, 0.2) is 5.78 Å². The van der Waals surface area contributed by atoms with E-state index in [2.05, 4.69) is 10.1 Å². The number of benzene rings is 2. The molecule has 0 amide bonds. The zero-order chi connectivity index (χ0) is 19.3. The van der Waals surface area contributed by atoms with Crippen LogP contribution >= 0.6 is 0 Å². The van der Waals surface area contributed by atoms with Gasteiger partial charge in [-0.25, -0.2) is 9.07 Å². The van der Waals surface area contributed by atoms with Gasteiger partial charge in [0.25, 0.3) is 0 Å². The number of hydrogen-bond acceptors (Lipinski definition) is 3. The van der Waals surface area contributed by atoms with Gasteiger partial charge in [0.2, 0.25) is 0 Å². The molecule has 4 rings (SSSR count). The minimum absolute atomic E-state index is 0.274. The van der Waals surface area contributed by atoms with Gasteiger partial charge in [-0.05, 0) is 48.6 Å². The van der Waals surface area contributed by atoms with Gasteiger partial charge in [-0.3, -0.25) is 9.78 Å². The molecule has 0 bridgehead atoms. The molecule has 0 spiro atoms. The standard InChI is InChI=1S/C23H16FN3O/c24-20-8-4-6-17(14-20)22(28)12-11-19-16-27(21-9-2-1-3-10-21)26-23(19)18-7-5-13-25-15-18/h1-16H/b12-11+. The Hall–Kier alpha value is -3.86. The second-order valence-electron chi connectivity index (χ2n) is 6.16. The Kier molecular flexibility index (Phi) is 4.89. The van der Waals surface area contributed by atoms with Crippen molar-refractivity contribution in [2.75, 3.05) is 0 Å². The maximum Gasteiger partial charge on any atom is 0.185 e. The fourth-order valence-electron chi connectivity index (χ4n) is 2.85. The van der Waals surface area contributed by atoms with Gasteiger partial charge >= 0.3 is 0 Å². The van der Waals surface area contributed by atoms with E-state index < -0.39 is 5.82 Å². The van der Waals surface area contributed by atoms with Crippen molar-refractivity contribution in [2.24, 2.45) is 0 Å². The van der Waals surface area contributed by atoms with E-state index in [1.54, 1.807) is 29.2 Å². The molecule has 0 fully saturated rings. The van der Waals surface area contributed by atoms with Crippen LogP contribution in [0.5, 0.6) is 0 Å². The van der Waals surface area contributed by atoms with Crippen molar-refractivity contribution < 1.29 is 9.18 Å². The lowest BCUT2D eigenvalue weighted by atomic mass is 10.1. The lowest BCUT2D eigenvalue weighted by molar-refractivity contribution is 0.104. The quantitative estimate of drug-likeness (QED) is 0.369.